The quantitative estimate of drug-likeness (QED) is 0.583. The van der Waals surface area contributed by atoms with Crippen molar-refractivity contribution in [2.75, 3.05) is 51.6 Å². The lowest BCUT2D eigenvalue weighted by Gasteiger charge is -2.49. The molecule has 1 unspecified atom stereocenters. The average molecular weight is 422 g/mol. The van der Waals surface area contributed by atoms with Crippen LogP contribution in [0.15, 0.2) is 12.1 Å². The van der Waals surface area contributed by atoms with Gasteiger partial charge in [-0.25, -0.2) is 0 Å². The van der Waals surface area contributed by atoms with Gasteiger partial charge in [-0.15, -0.1) is 0 Å². The lowest BCUT2D eigenvalue weighted by atomic mass is 10.0. The molecule has 1 atom stereocenters. The van der Waals surface area contributed by atoms with E-state index in [1.54, 1.807) is 4.90 Å². The highest BCUT2D eigenvalue weighted by Crippen LogP contribution is 2.45. The third kappa shape index (κ3) is 4.29. The molecule has 0 spiro atoms. The molecule has 2 amide bonds. The number of carbonyl (C=O) groups is 2. The van der Waals surface area contributed by atoms with Crippen LogP contribution < -0.4 is 11.1 Å². The van der Waals surface area contributed by atoms with Crippen molar-refractivity contribution in [1.29, 1.82) is 0 Å². The van der Waals surface area contributed by atoms with E-state index >= 15 is 0 Å². The van der Waals surface area contributed by atoms with Crippen LogP contribution in [0.4, 0.5) is 5.69 Å². The number of nitrogens with two attached hydrogens (primary N) is 1. The number of carbonyl (C=O) groups excluding carboxylic acids is 2. The zero-order valence-corrected chi connectivity index (χ0v) is 17.4. The molecular weight excluding hydrogens is 394 g/mol. The Balaban J connectivity index is 1.36. The molecule has 4 N–H and O–H groups in total. The summed E-state index contributed by atoms with van der Waals surface area (Å²) in [4.78, 5) is 30.7. The fraction of sp³-hybridized carbons (Fsp3) is 0.600. The Morgan fingerprint density at radius 1 is 1.24 bits per heavy atom. The summed E-state index contributed by atoms with van der Waals surface area (Å²) < 4.78 is 0. The molecule has 3 fully saturated rings. The monoisotopic (exact) mass is 421 g/mol. The van der Waals surface area contributed by atoms with Gasteiger partial charge in [-0.05, 0) is 37.4 Å². The predicted octanol–water partition coefficient (Wildman–Crippen LogP) is 0.647. The smallest absolute Gasteiger partial charge is 0.241 e. The van der Waals surface area contributed by atoms with E-state index in [0.29, 0.717) is 42.3 Å². The third-order valence-corrected chi connectivity index (χ3v) is 6.51. The molecule has 3 aliphatic rings. The van der Waals surface area contributed by atoms with Gasteiger partial charge < -0.3 is 26.0 Å². The molecule has 29 heavy (non-hydrogen) atoms. The van der Waals surface area contributed by atoms with Gasteiger partial charge in [0.25, 0.3) is 0 Å². The van der Waals surface area contributed by atoms with Gasteiger partial charge in [0.2, 0.25) is 11.8 Å². The molecule has 9 heteroatoms. The number of aromatic hydroxyl groups is 1. The molecule has 2 saturated heterocycles. The molecule has 0 aromatic heterocycles. The number of piperazine rings is 1. The van der Waals surface area contributed by atoms with Crippen LogP contribution in [0.25, 0.3) is 0 Å². The van der Waals surface area contributed by atoms with Crippen molar-refractivity contribution in [2.45, 2.75) is 30.8 Å². The second-order valence-electron chi connectivity index (χ2n) is 8.39. The van der Waals surface area contributed by atoms with Crippen molar-refractivity contribution in [2.24, 2.45) is 5.73 Å². The Morgan fingerprint density at radius 3 is 2.59 bits per heavy atom. The largest absolute Gasteiger partial charge is 0.506 e. The van der Waals surface area contributed by atoms with Gasteiger partial charge in [-0.2, -0.15) is 0 Å². The number of nitrogens with zero attached hydrogens (tertiary/aromatic N) is 3. The predicted molar refractivity (Wildman–Crippen MR) is 111 cm³/mol. The van der Waals surface area contributed by atoms with Crippen LogP contribution in [0, 0.1) is 0 Å². The Bertz CT molecular complexity index is 810. The molecule has 1 aromatic rings. The van der Waals surface area contributed by atoms with E-state index in [1.807, 2.05) is 13.1 Å². The number of likely N-dealkylation sites (N-methyl/N-ethyl adjacent to an activating group) is 1. The van der Waals surface area contributed by atoms with Gasteiger partial charge in [-0.3, -0.25) is 14.5 Å². The number of phenolic OH excluding ortho intramolecular Hbond substituents is 1. The number of anilines is 1. The fourth-order valence-corrected chi connectivity index (χ4v) is 4.61. The highest BCUT2D eigenvalue weighted by molar-refractivity contribution is 6.31. The number of halogens is 1. The Labute approximate surface area is 175 Å². The maximum atomic E-state index is 12.7. The van der Waals surface area contributed by atoms with Crippen LogP contribution in [0.3, 0.4) is 0 Å². The summed E-state index contributed by atoms with van der Waals surface area (Å²) in [7, 11) is 2.04. The third-order valence-electron chi connectivity index (χ3n) is 6.18. The minimum atomic E-state index is -0.461. The Hall–Kier alpha value is -2.03. The zero-order chi connectivity index (χ0) is 20.7. The van der Waals surface area contributed by atoms with Crippen LogP contribution in [-0.4, -0.2) is 90.0 Å². The summed E-state index contributed by atoms with van der Waals surface area (Å²) in [5.41, 5.74) is 7.14. The summed E-state index contributed by atoms with van der Waals surface area (Å²) in [6, 6.07) is 3.22. The van der Waals surface area contributed by atoms with Gasteiger partial charge >= 0.3 is 0 Å². The number of amides is 2. The van der Waals surface area contributed by atoms with Crippen molar-refractivity contribution in [1.82, 2.24) is 14.7 Å². The molecule has 8 nitrogen and oxygen atoms in total. The van der Waals surface area contributed by atoms with Crippen molar-refractivity contribution in [3.8, 4) is 5.75 Å². The number of rotatable bonds is 6. The van der Waals surface area contributed by atoms with E-state index in [2.05, 4.69) is 15.1 Å². The van der Waals surface area contributed by atoms with E-state index in [-0.39, 0.29) is 18.2 Å². The van der Waals surface area contributed by atoms with Crippen LogP contribution in [-0.2, 0) is 9.59 Å². The number of nitrogens with one attached hydrogen (secondary N) is 1. The molecule has 2 heterocycles. The number of hydrogen-bond acceptors (Lipinski definition) is 6. The minimum Gasteiger partial charge on any atom is -0.506 e. The fourth-order valence-electron chi connectivity index (χ4n) is 4.30. The molecular formula is C20H28ClN5O3. The molecule has 0 bridgehead atoms. The van der Waals surface area contributed by atoms with Crippen molar-refractivity contribution in [3.63, 3.8) is 0 Å². The first-order valence-corrected chi connectivity index (χ1v) is 10.5. The Morgan fingerprint density at radius 2 is 1.97 bits per heavy atom. The Kier molecular flexibility index (Phi) is 5.59. The van der Waals surface area contributed by atoms with Gasteiger partial charge in [0.05, 0.1) is 12.2 Å². The summed E-state index contributed by atoms with van der Waals surface area (Å²) >= 11 is 6.22. The topological polar surface area (TPSA) is 102 Å². The number of hydrogen-bond donors (Lipinski definition) is 3. The summed E-state index contributed by atoms with van der Waals surface area (Å²) in [6.45, 7) is 3.37. The number of benzene rings is 1. The number of phenols is 1. The SMILES string of the molecule is CN1CC(N2CCN(C(=O)CNc3cc(C4CC4)c(Cl)cc3O)CC2C(N)=O)C1. The minimum absolute atomic E-state index is 0.0288. The van der Waals surface area contributed by atoms with Crippen LogP contribution in [0.1, 0.15) is 24.3 Å². The lowest BCUT2D eigenvalue weighted by Crippen LogP contribution is -2.68. The number of likely N-dealkylation sites (tertiary alicyclic amines) is 1. The van der Waals surface area contributed by atoms with Gasteiger partial charge in [0, 0.05) is 49.9 Å². The molecule has 158 valence electrons. The molecule has 0 radical (unpaired) electrons. The normalized spacial score (nSPS) is 23.7. The summed E-state index contributed by atoms with van der Waals surface area (Å²) in [5, 5.41) is 13.8. The standard InChI is InChI=1S/C20H28ClN5O3/c1-24-9-13(10-24)26-5-4-25(11-17(26)20(22)29)19(28)8-23-16-6-14(12-2-3-12)15(21)7-18(16)27/h6-7,12-13,17,23,27H,2-5,8-11H2,1H3,(H2,22,29). The van der Waals surface area contributed by atoms with Gasteiger partial charge in [0.15, 0.2) is 0 Å². The molecule has 1 aromatic carbocycles. The van der Waals surface area contributed by atoms with Crippen molar-refractivity contribution < 1.29 is 14.7 Å². The average Bonchev–Trinajstić information content (AvgIpc) is 3.49. The molecule has 1 aliphatic carbocycles. The van der Waals surface area contributed by atoms with Gasteiger partial charge in [0.1, 0.15) is 11.8 Å². The van der Waals surface area contributed by atoms with E-state index in [4.69, 9.17) is 17.3 Å². The maximum absolute atomic E-state index is 12.7. The summed E-state index contributed by atoms with van der Waals surface area (Å²) in [6.07, 6.45) is 2.19. The molecule has 2 aliphatic heterocycles. The lowest BCUT2D eigenvalue weighted by molar-refractivity contribution is -0.138. The van der Waals surface area contributed by atoms with E-state index in [0.717, 1.165) is 31.5 Å². The van der Waals surface area contributed by atoms with Crippen LogP contribution >= 0.6 is 11.6 Å². The van der Waals surface area contributed by atoms with Gasteiger partial charge in [-0.1, -0.05) is 11.6 Å². The molecule has 1 saturated carbocycles. The first-order valence-electron chi connectivity index (χ1n) is 10.1. The first kappa shape index (κ1) is 20.3. The van der Waals surface area contributed by atoms with E-state index < -0.39 is 11.9 Å². The second kappa shape index (κ2) is 8.01. The molecule has 4 rings (SSSR count). The zero-order valence-electron chi connectivity index (χ0n) is 16.6. The maximum Gasteiger partial charge on any atom is 0.241 e. The van der Waals surface area contributed by atoms with E-state index in [9.17, 15) is 14.7 Å². The van der Waals surface area contributed by atoms with E-state index in [1.165, 1.54) is 6.07 Å². The van der Waals surface area contributed by atoms with Crippen LogP contribution in [0.2, 0.25) is 5.02 Å². The van der Waals surface area contributed by atoms with Crippen molar-refractivity contribution >= 4 is 29.1 Å². The summed E-state index contributed by atoms with van der Waals surface area (Å²) in [5.74, 6) is -0.0474. The van der Waals surface area contributed by atoms with Crippen LogP contribution in [0.5, 0.6) is 5.75 Å². The first-order chi connectivity index (χ1) is 13.8. The second-order valence-corrected chi connectivity index (χ2v) is 8.80. The van der Waals surface area contributed by atoms with Crippen molar-refractivity contribution in [3.05, 3.63) is 22.7 Å². The number of primary amides is 1. The highest BCUT2D eigenvalue weighted by Gasteiger charge is 2.40. The highest BCUT2D eigenvalue weighted by atomic mass is 35.5.